The highest BCUT2D eigenvalue weighted by molar-refractivity contribution is 9.10. The third-order valence-electron chi connectivity index (χ3n) is 3.49. The molecule has 1 heterocycles. The van der Waals surface area contributed by atoms with Gasteiger partial charge >= 0.3 is 0 Å². The molecule has 5 nitrogen and oxygen atoms in total. The largest absolute Gasteiger partial charge is 0.386 e. The van der Waals surface area contributed by atoms with Crippen LogP contribution in [-0.2, 0) is 0 Å². The lowest BCUT2D eigenvalue weighted by molar-refractivity contribution is -0.385. The molecule has 0 spiro atoms. The molecule has 104 valence electrons. The van der Waals surface area contributed by atoms with Crippen LogP contribution < -0.4 is 4.90 Å². The van der Waals surface area contributed by atoms with E-state index in [0.29, 0.717) is 23.1 Å². The van der Waals surface area contributed by atoms with E-state index in [1.54, 1.807) is 13.0 Å². The first-order valence-corrected chi connectivity index (χ1v) is 7.07. The zero-order valence-electron chi connectivity index (χ0n) is 11.0. The van der Waals surface area contributed by atoms with E-state index in [9.17, 15) is 15.2 Å². The topological polar surface area (TPSA) is 66.6 Å². The fourth-order valence-electron chi connectivity index (χ4n) is 2.55. The van der Waals surface area contributed by atoms with E-state index in [1.807, 2.05) is 11.8 Å². The summed E-state index contributed by atoms with van der Waals surface area (Å²) in [6, 6.07) is 3.33. The van der Waals surface area contributed by atoms with Gasteiger partial charge in [-0.15, -0.1) is 0 Å². The van der Waals surface area contributed by atoms with Crippen LogP contribution in [0, 0.1) is 17.0 Å². The normalized spacial score (nSPS) is 17.2. The first-order valence-electron chi connectivity index (χ1n) is 6.28. The Morgan fingerprint density at radius 3 is 2.68 bits per heavy atom. The van der Waals surface area contributed by atoms with E-state index in [2.05, 4.69) is 15.9 Å². The maximum atomic E-state index is 10.9. The van der Waals surface area contributed by atoms with Gasteiger partial charge in [0.25, 0.3) is 5.69 Å². The Morgan fingerprint density at radius 2 is 2.16 bits per heavy atom. The van der Waals surface area contributed by atoms with Crippen LogP contribution in [0.15, 0.2) is 16.6 Å². The Kier molecular flexibility index (Phi) is 3.82. The lowest BCUT2D eigenvalue weighted by atomic mass is 9.88. The van der Waals surface area contributed by atoms with Gasteiger partial charge in [-0.05, 0) is 35.3 Å². The summed E-state index contributed by atoms with van der Waals surface area (Å²) in [5.41, 5.74) is 1.04. The molecule has 1 saturated heterocycles. The zero-order chi connectivity index (χ0) is 14.2. The quantitative estimate of drug-likeness (QED) is 0.681. The van der Waals surface area contributed by atoms with E-state index in [-0.39, 0.29) is 10.6 Å². The number of β-amino-alcohol motifs (C(OH)–C–C–N with tert-alkyl or cyclic N) is 1. The summed E-state index contributed by atoms with van der Waals surface area (Å²) in [6.45, 7) is 4.94. The molecule has 1 fully saturated rings. The van der Waals surface area contributed by atoms with Crippen molar-refractivity contribution in [3.63, 3.8) is 0 Å². The highest BCUT2D eigenvalue weighted by Gasteiger charge is 2.41. The van der Waals surface area contributed by atoms with E-state index in [1.165, 1.54) is 6.07 Å². The van der Waals surface area contributed by atoms with E-state index >= 15 is 0 Å². The summed E-state index contributed by atoms with van der Waals surface area (Å²) in [5, 5.41) is 21.0. The van der Waals surface area contributed by atoms with E-state index in [0.717, 1.165) is 18.5 Å². The predicted octanol–water partition coefficient (Wildman–Crippen LogP) is 3.02. The van der Waals surface area contributed by atoms with Crippen LogP contribution in [0.25, 0.3) is 0 Å². The maximum Gasteiger partial charge on any atom is 0.273 e. The Morgan fingerprint density at radius 1 is 1.53 bits per heavy atom. The molecule has 1 aromatic rings. The lowest BCUT2D eigenvalue weighted by Gasteiger charge is -2.48. The molecule has 1 aliphatic heterocycles. The van der Waals surface area contributed by atoms with Crippen molar-refractivity contribution in [2.75, 3.05) is 18.0 Å². The number of rotatable bonds is 4. The lowest BCUT2D eigenvalue weighted by Crippen LogP contribution is -2.62. The van der Waals surface area contributed by atoms with Gasteiger partial charge in [0.05, 0.1) is 16.2 Å². The van der Waals surface area contributed by atoms with Gasteiger partial charge in [0.15, 0.2) is 0 Å². The molecule has 0 atom stereocenters. The highest BCUT2D eigenvalue weighted by Crippen LogP contribution is 2.38. The van der Waals surface area contributed by atoms with Crippen LogP contribution in [0.1, 0.15) is 25.3 Å². The van der Waals surface area contributed by atoms with Gasteiger partial charge in [0, 0.05) is 29.2 Å². The molecule has 0 bridgehead atoms. The first kappa shape index (κ1) is 14.3. The summed E-state index contributed by atoms with van der Waals surface area (Å²) in [4.78, 5) is 12.5. The number of halogens is 1. The van der Waals surface area contributed by atoms with Crippen molar-refractivity contribution in [3.8, 4) is 0 Å². The van der Waals surface area contributed by atoms with Crippen LogP contribution >= 0.6 is 15.9 Å². The van der Waals surface area contributed by atoms with E-state index in [4.69, 9.17) is 0 Å². The first-order chi connectivity index (χ1) is 8.86. The Balaban J connectivity index is 2.20. The molecule has 1 aliphatic rings. The summed E-state index contributed by atoms with van der Waals surface area (Å²) in [5.74, 6) is 0. The van der Waals surface area contributed by atoms with Crippen LogP contribution in [0.4, 0.5) is 11.4 Å². The summed E-state index contributed by atoms with van der Waals surface area (Å²) in [6.07, 6.45) is 1.73. The van der Waals surface area contributed by atoms with E-state index < -0.39 is 5.60 Å². The molecular formula is C13H17BrN2O3. The van der Waals surface area contributed by atoms with Crippen LogP contribution in [-0.4, -0.2) is 28.7 Å². The van der Waals surface area contributed by atoms with Gasteiger partial charge in [0.2, 0.25) is 0 Å². The van der Waals surface area contributed by atoms with Gasteiger partial charge < -0.3 is 10.0 Å². The van der Waals surface area contributed by atoms with Crippen molar-refractivity contribution < 1.29 is 10.0 Å². The minimum Gasteiger partial charge on any atom is -0.386 e. The fraction of sp³-hybridized carbons (Fsp3) is 0.538. The second-order valence-electron chi connectivity index (χ2n) is 5.18. The average molecular weight is 329 g/mol. The molecule has 19 heavy (non-hydrogen) atoms. The maximum absolute atomic E-state index is 10.9. The molecule has 0 unspecified atom stereocenters. The SMILES string of the molecule is CCCC1(O)CN(c2cc(C)c([N+](=O)[O-])cc2Br)C1. The molecule has 0 saturated carbocycles. The van der Waals surface area contributed by atoms with Crippen molar-refractivity contribution in [2.24, 2.45) is 0 Å². The minimum atomic E-state index is -0.607. The number of anilines is 1. The summed E-state index contributed by atoms with van der Waals surface area (Å²) < 4.78 is 0.698. The van der Waals surface area contributed by atoms with Crippen molar-refractivity contribution >= 4 is 27.3 Å². The molecule has 1 aromatic carbocycles. The second-order valence-corrected chi connectivity index (χ2v) is 6.03. The molecule has 0 aliphatic carbocycles. The van der Waals surface area contributed by atoms with Gasteiger partial charge in [-0.1, -0.05) is 13.3 Å². The molecule has 0 radical (unpaired) electrons. The molecular weight excluding hydrogens is 312 g/mol. The highest BCUT2D eigenvalue weighted by atomic mass is 79.9. The second kappa shape index (κ2) is 5.09. The number of nitro benzene ring substituents is 1. The zero-order valence-corrected chi connectivity index (χ0v) is 12.6. The van der Waals surface area contributed by atoms with Crippen molar-refractivity contribution in [3.05, 3.63) is 32.3 Å². The number of hydrogen-bond donors (Lipinski definition) is 1. The average Bonchev–Trinajstić information content (AvgIpc) is 2.28. The van der Waals surface area contributed by atoms with Gasteiger partial charge in [-0.3, -0.25) is 10.1 Å². The smallest absolute Gasteiger partial charge is 0.273 e. The summed E-state index contributed by atoms with van der Waals surface area (Å²) >= 11 is 3.37. The Hall–Kier alpha value is -1.14. The fourth-order valence-corrected chi connectivity index (χ4v) is 3.13. The Labute approximate surface area is 120 Å². The molecule has 1 N–H and O–H groups in total. The third-order valence-corrected chi connectivity index (χ3v) is 4.12. The van der Waals surface area contributed by atoms with Crippen LogP contribution in [0.2, 0.25) is 0 Å². The van der Waals surface area contributed by atoms with Crippen LogP contribution in [0.3, 0.4) is 0 Å². The van der Waals surface area contributed by atoms with Crippen LogP contribution in [0.5, 0.6) is 0 Å². The molecule has 6 heteroatoms. The minimum absolute atomic E-state index is 0.111. The third kappa shape index (κ3) is 2.74. The Bertz CT molecular complexity index is 513. The summed E-state index contributed by atoms with van der Waals surface area (Å²) in [7, 11) is 0. The molecule has 0 amide bonds. The number of aryl methyl sites for hydroxylation is 1. The monoisotopic (exact) mass is 328 g/mol. The molecule has 0 aromatic heterocycles. The molecule has 2 rings (SSSR count). The number of benzene rings is 1. The van der Waals surface area contributed by atoms with Crippen molar-refractivity contribution in [2.45, 2.75) is 32.3 Å². The predicted molar refractivity (Wildman–Crippen MR) is 77.6 cm³/mol. The number of nitrogens with zero attached hydrogens (tertiary/aromatic N) is 2. The number of aliphatic hydroxyl groups is 1. The van der Waals surface area contributed by atoms with Crippen molar-refractivity contribution in [1.29, 1.82) is 0 Å². The standard InChI is InChI=1S/C13H17BrN2O3/c1-3-4-13(17)7-15(8-13)12-5-9(2)11(16(18)19)6-10(12)14/h5-6,17H,3-4,7-8H2,1-2H3. The van der Waals surface area contributed by atoms with Gasteiger partial charge in [-0.2, -0.15) is 0 Å². The van der Waals surface area contributed by atoms with Gasteiger partial charge in [0.1, 0.15) is 0 Å². The number of nitro groups is 1. The van der Waals surface area contributed by atoms with Crippen molar-refractivity contribution in [1.82, 2.24) is 0 Å². The van der Waals surface area contributed by atoms with Gasteiger partial charge in [-0.25, -0.2) is 0 Å². The number of hydrogen-bond acceptors (Lipinski definition) is 4.